The Hall–Kier alpha value is 0.340. The molecule has 5 nitrogen and oxygen atoms in total. The molecule has 0 saturated carbocycles. The van der Waals surface area contributed by atoms with Crippen molar-refractivity contribution in [2.75, 3.05) is 36.2 Å². The quantitative estimate of drug-likeness (QED) is 0.622. The molecule has 0 aliphatic heterocycles. The SMILES string of the molecule is CCN(CCBr)S(=O)(=O)CCS(C)(=O)=O. The number of sulfonamides is 1. The van der Waals surface area contributed by atoms with E-state index in [1.165, 1.54) is 4.31 Å². The first-order valence-electron chi connectivity index (χ1n) is 4.44. The van der Waals surface area contributed by atoms with Gasteiger partial charge >= 0.3 is 0 Å². The highest BCUT2D eigenvalue weighted by Crippen LogP contribution is 2.03. The first-order valence-corrected chi connectivity index (χ1v) is 9.23. The van der Waals surface area contributed by atoms with Crippen LogP contribution in [0.5, 0.6) is 0 Å². The van der Waals surface area contributed by atoms with Gasteiger partial charge in [-0.15, -0.1) is 0 Å². The Morgan fingerprint density at radius 3 is 2.00 bits per heavy atom. The van der Waals surface area contributed by atoms with Crippen molar-refractivity contribution in [2.45, 2.75) is 6.92 Å². The van der Waals surface area contributed by atoms with Gasteiger partial charge in [0.2, 0.25) is 10.0 Å². The van der Waals surface area contributed by atoms with Crippen LogP contribution in [0.3, 0.4) is 0 Å². The van der Waals surface area contributed by atoms with Crippen LogP contribution in [0.25, 0.3) is 0 Å². The summed E-state index contributed by atoms with van der Waals surface area (Å²) in [5.74, 6) is -0.666. The highest BCUT2D eigenvalue weighted by atomic mass is 79.9. The number of hydrogen-bond donors (Lipinski definition) is 0. The molecule has 0 amide bonds. The zero-order valence-electron chi connectivity index (χ0n) is 8.81. The van der Waals surface area contributed by atoms with E-state index >= 15 is 0 Å². The van der Waals surface area contributed by atoms with E-state index in [9.17, 15) is 16.8 Å². The van der Waals surface area contributed by atoms with Gasteiger partial charge in [-0.2, -0.15) is 0 Å². The van der Waals surface area contributed by atoms with Crippen LogP contribution in [-0.2, 0) is 19.9 Å². The lowest BCUT2D eigenvalue weighted by atomic mass is 10.7. The molecule has 0 aromatic carbocycles. The Morgan fingerprint density at radius 1 is 1.13 bits per heavy atom. The molecule has 0 unspecified atom stereocenters. The Kier molecular flexibility index (Phi) is 6.31. The van der Waals surface area contributed by atoms with Crippen molar-refractivity contribution in [2.24, 2.45) is 0 Å². The molecule has 0 aliphatic rings. The van der Waals surface area contributed by atoms with Gasteiger partial charge in [-0.05, 0) is 0 Å². The molecule has 92 valence electrons. The molecule has 8 heteroatoms. The molecule has 0 atom stereocenters. The van der Waals surface area contributed by atoms with E-state index in [0.29, 0.717) is 18.4 Å². The topological polar surface area (TPSA) is 71.5 Å². The first-order chi connectivity index (χ1) is 6.73. The van der Waals surface area contributed by atoms with Gasteiger partial charge in [0, 0.05) is 24.7 Å². The van der Waals surface area contributed by atoms with Crippen LogP contribution < -0.4 is 0 Å². The van der Waals surface area contributed by atoms with Crippen molar-refractivity contribution >= 4 is 35.8 Å². The van der Waals surface area contributed by atoms with E-state index in [4.69, 9.17) is 0 Å². The van der Waals surface area contributed by atoms with Crippen LogP contribution in [0.2, 0.25) is 0 Å². The van der Waals surface area contributed by atoms with Gasteiger partial charge in [0.25, 0.3) is 0 Å². The lowest BCUT2D eigenvalue weighted by Crippen LogP contribution is -2.36. The van der Waals surface area contributed by atoms with Crippen LogP contribution in [0.4, 0.5) is 0 Å². The maximum Gasteiger partial charge on any atom is 0.215 e. The number of sulfone groups is 1. The van der Waals surface area contributed by atoms with Crippen LogP contribution in [0.1, 0.15) is 6.92 Å². The molecule has 0 saturated heterocycles. The largest absolute Gasteiger partial charge is 0.229 e. The normalized spacial score (nSPS) is 13.3. The number of alkyl halides is 1. The molecule has 0 aliphatic carbocycles. The molecule has 0 fully saturated rings. The van der Waals surface area contributed by atoms with E-state index in [0.717, 1.165) is 6.26 Å². The lowest BCUT2D eigenvalue weighted by molar-refractivity contribution is 0.449. The summed E-state index contributed by atoms with van der Waals surface area (Å²) in [6.07, 6.45) is 1.03. The molecule has 15 heavy (non-hydrogen) atoms. The van der Waals surface area contributed by atoms with Crippen LogP contribution in [-0.4, -0.2) is 57.3 Å². The van der Waals surface area contributed by atoms with Crippen LogP contribution in [0, 0.1) is 0 Å². The van der Waals surface area contributed by atoms with Crippen molar-refractivity contribution in [3.05, 3.63) is 0 Å². The minimum absolute atomic E-state index is 0.325. The van der Waals surface area contributed by atoms with E-state index in [-0.39, 0.29) is 11.5 Å². The maximum absolute atomic E-state index is 11.6. The molecule has 0 aromatic rings. The fourth-order valence-electron chi connectivity index (χ4n) is 0.974. The highest BCUT2D eigenvalue weighted by Gasteiger charge is 2.21. The fraction of sp³-hybridized carbons (Fsp3) is 1.00. The standard InChI is InChI=1S/C7H16BrNO4S2/c1-3-9(5-4-8)15(12,13)7-6-14(2,10)11/h3-7H2,1-2H3. The summed E-state index contributed by atoms with van der Waals surface area (Å²) in [4.78, 5) is 0. The summed E-state index contributed by atoms with van der Waals surface area (Å²) in [6, 6.07) is 0. The monoisotopic (exact) mass is 321 g/mol. The summed E-state index contributed by atoms with van der Waals surface area (Å²) in [5, 5.41) is 0.541. The predicted molar refractivity (Wildman–Crippen MR) is 64.5 cm³/mol. The number of hydrogen-bond acceptors (Lipinski definition) is 4. The molecule has 0 heterocycles. The summed E-state index contributed by atoms with van der Waals surface area (Å²) < 4.78 is 46.3. The van der Waals surface area contributed by atoms with Gasteiger partial charge in [0.15, 0.2) is 0 Å². The predicted octanol–water partition coefficient (Wildman–Crippen LogP) is 0.0776. The maximum atomic E-state index is 11.6. The number of nitrogens with zero attached hydrogens (tertiary/aromatic N) is 1. The molecule has 0 N–H and O–H groups in total. The minimum atomic E-state index is -3.44. The molecule has 0 radical (unpaired) electrons. The zero-order chi connectivity index (χ0) is 12.1. The van der Waals surface area contributed by atoms with E-state index in [1.807, 2.05) is 0 Å². The number of rotatable bonds is 7. The Labute approximate surface area is 99.9 Å². The Morgan fingerprint density at radius 2 is 1.67 bits per heavy atom. The van der Waals surface area contributed by atoms with Gasteiger partial charge < -0.3 is 0 Å². The van der Waals surface area contributed by atoms with Crippen molar-refractivity contribution in [1.82, 2.24) is 4.31 Å². The first kappa shape index (κ1) is 15.3. The van der Waals surface area contributed by atoms with E-state index < -0.39 is 19.9 Å². The summed E-state index contributed by atoms with van der Waals surface area (Å²) in [7, 11) is -6.68. The average molecular weight is 322 g/mol. The van der Waals surface area contributed by atoms with E-state index in [2.05, 4.69) is 15.9 Å². The second-order valence-electron chi connectivity index (χ2n) is 3.13. The van der Waals surface area contributed by atoms with Gasteiger partial charge in [-0.3, -0.25) is 0 Å². The van der Waals surface area contributed by atoms with Gasteiger partial charge in [0.1, 0.15) is 9.84 Å². The van der Waals surface area contributed by atoms with Gasteiger partial charge in [0.05, 0.1) is 11.5 Å². The zero-order valence-corrected chi connectivity index (χ0v) is 12.0. The fourth-order valence-corrected chi connectivity index (χ4v) is 4.71. The van der Waals surface area contributed by atoms with Crippen LogP contribution in [0.15, 0.2) is 0 Å². The second kappa shape index (κ2) is 6.17. The number of halogens is 1. The summed E-state index contributed by atoms with van der Waals surface area (Å²) >= 11 is 3.15. The highest BCUT2D eigenvalue weighted by molar-refractivity contribution is 9.09. The third-order valence-electron chi connectivity index (χ3n) is 1.79. The van der Waals surface area contributed by atoms with Crippen molar-refractivity contribution < 1.29 is 16.8 Å². The average Bonchev–Trinajstić information content (AvgIpc) is 2.10. The van der Waals surface area contributed by atoms with Crippen molar-refractivity contribution in [3.8, 4) is 0 Å². The van der Waals surface area contributed by atoms with Gasteiger partial charge in [-0.25, -0.2) is 21.1 Å². The molecule has 0 rings (SSSR count). The Bertz CT molecular complexity index is 376. The lowest BCUT2D eigenvalue weighted by Gasteiger charge is -2.18. The van der Waals surface area contributed by atoms with Crippen LogP contribution >= 0.6 is 15.9 Å². The third-order valence-corrected chi connectivity index (χ3v) is 5.30. The molecular formula is C7H16BrNO4S2. The van der Waals surface area contributed by atoms with E-state index in [1.54, 1.807) is 6.92 Å². The summed E-state index contributed by atoms with van der Waals surface area (Å²) in [5.41, 5.74) is 0. The summed E-state index contributed by atoms with van der Waals surface area (Å²) in [6.45, 7) is 2.45. The molecule has 0 aromatic heterocycles. The molecule has 0 bridgehead atoms. The third kappa shape index (κ3) is 6.49. The second-order valence-corrected chi connectivity index (χ2v) is 8.27. The van der Waals surface area contributed by atoms with Crippen molar-refractivity contribution in [1.29, 1.82) is 0 Å². The molecule has 0 spiro atoms. The molecular weight excluding hydrogens is 306 g/mol. The van der Waals surface area contributed by atoms with Crippen molar-refractivity contribution in [3.63, 3.8) is 0 Å². The Balaban J connectivity index is 4.53. The minimum Gasteiger partial charge on any atom is -0.229 e. The van der Waals surface area contributed by atoms with Gasteiger partial charge in [-0.1, -0.05) is 22.9 Å². The smallest absolute Gasteiger partial charge is 0.215 e.